The highest BCUT2D eigenvalue weighted by Crippen LogP contribution is 2.65. The van der Waals surface area contributed by atoms with Gasteiger partial charge in [-0.3, -0.25) is 24.1 Å². The van der Waals surface area contributed by atoms with Crippen LogP contribution in [0.2, 0.25) is 10.0 Å². The molecule has 5 aromatic carbocycles. The Bertz CT molecular complexity index is 2400. The number of hydrogen-bond donors (Lipinski definition) is 1. The van der Waals surface area contributed by atoms with E-state index in [1.807, 2.05) is 66.7 Å². The zero-order chi connectivity index (χ0) is 38.0. The molecule has 0 spiro atoms. The van der Waals surface area contributed by atoms with Crippen LogP contribution in [0.15, 0.2) is 139 Å². The largest absolute Gasteiger partial charge is 0.508 e. The number of anilines is 2. The number of ether oxygens (including phenoxy) is 1. The number of hydrogen-bond acceptors (Lipinski definition) is 6. The molecule has 1 saturated carbocycles. The van der Waals surface area contributed by atoms with Crippen LogP contribution in [0.4, 0.5) is 11.4 Å². The topological polar surface area (TPSA) is 104 Å². The Labute approximate surface area is 327 Å². The summed E-state index contributed by atoms with van der Waals surface area (Å²) < 4.78 is 6.07. The molecule has 6 unspecified atom stereocenters. The maximum absolute atomic E-state index is 15.5. The number of phenolic OH excluding ortho intramolecular Hbond substituents is 1. The lowest BCUT2D eigenvalue weighted by molar-refractivity contribution is -0.127. The summed E-state index contributed by atoms with van der Waals surface area (Å²) in [5.41, 5.74) is 1.93. The maximum Gasteiger partial charge on any atom is 0.246 e. The van der Waals surface area contributed by atoms with Gasteiger partial charge in [-0.1, -0.05) is 108 Å². The number of fused-ring (bicyclic) bond motifs is 4. The van der Waals surface area contributed by atoms with Gasteiger partial charge in [-0.25, -0.2) is 4.90 Å². The van der Waals surface area contributed by atoms with Crippen LogP contribution in [0.1, 0.15) is 35.4 Å². The summed E-state index contributed by atoms with van der Waals surface area (Å²) in [5.74, 6) is -5.18. The first-order chi connectivity index (χ1) is 26.7. The molecule has 4 aliphatic rings. The van der Waals surface area contributed by atoms with Crippen LogP contribution in [0.3, 0.4) is 0 Å². The minimum absolute atomic E-state index is 0.119. The number of allylic oxidation sites excluding steroid dienone is 2. The Hall–Kier alpha value is -5.70. The molecule has 0 radical (unpaired) electrons. The average molecular weight is 770 g/mol. The van der Waals surface area contributed by atoms with E-state index in [2.05, 4.69) is 0 Å². The Kier molecular flexibility index (Phi) is 8.63. The first kappa shape index (κ1) is 35.0. The monoisotopic (exact) mass is 768 g/mol. The summed E-state index contributed by atoms with van der Waals surface area (Å²) in [6, 6.07) is 37.1. The van der Waals surface area contributed by atoms with Gasteiger partial charge in [0.05, 0.1) is 34.5 Å². The number of carbonyl (C=O) groups excluding carboxylic acids is 4. The standard InChI is InChI=1S/C45H34Cl2N2O6/c46-28-14-16-30(17-15-28)48-41(51)35-21-20-33-36(39(35)43(48)53)24-37-42(52)49(31-13-7-12-29(47)22-31)44(54)45(37,27-10-5-2-6-11-27)40(33)34-19-18-32(23-38(34)50)55-25-26-8-3-1-4-9-26/h1-20,22-23,35-37,39-40,50H,21,24-25H2. The molecule has 2 heterocycles. The van der Waals surface area contributed by atoms with Gasteiger partial charge in [0.25, 0.3) is 0 Å². The van der Waals surface area contributed by atoms with Crippen molar-refractivity contribution in [1.29, 1.82) is 0 Å². The number of aromatic hydroxyl groups is 1. The molecule has 8 nitrogen and oxygen atoms in total. The number of nitrogens with zero attached hydrogens (tertiary/aromatic N) is 2. The fourth-order valence-electron chi connectivity index (χ4n) is 9.53. The Balaban J connectivity index is 1.22. The van der Waals surface area contributed by atoms with E-state index >= 15 is 4.79 Å². The van der Waals surface area contributed by atoms with Crippen LogP contribution in [-0.4, -0.2) is 28.7 Å². The van der Waals surface area contributed by atoms with Crippen LogP contribution in [-0.2, 0) is 31.2 Å². The lowest BCUT2D eigenvalue weighted by Crippen LogP contribution is -2.53. The summed E-state index contributed by atoms with van der Waals surface area (Å²) in [6.07, 6.45) is 2.34. The van der Waals surface area contributed by atoms with Gasteiger partial charge in [0, 0.05) is 27.6 Å². The normalized spacial score (nSPS) is 25.7. The number of benzene rings is 5. The van der Waals surface area contributed by atoms with E-state index in [0.717, 1.165) is 11.1 Å². The van der Waals surface area contributed by atoms with Gasteiger partial charge >= 0.3 is 0 Å². The summed E-state index contributed by atoms with van der Waals surface area (Å²) in [4.78, 5) is 61.5. The fraction of sp³-hybridized carbons (Fsp3) is 0.200. The van der Waals surface area contributed by atoms with Crippen LogP contribution in [0.25, 0.3) is 0 Å². The number of rotatable bonds is 7. The van der Waals surface area contributed by atoms with Crippen molar-refractivity contribution in [3.63, 3.8) is 0 Å². The molecule has 5 aromatic rings. The van der Waals surface area contributed by atoms with Crippen LogP contribution < -0.4 is 14.5 Å². The number of imide groups is 2. The van der Waals surface area contributed by atoms with Crippen molar-refractivity contribution in [1.82, 2.24) is 0 Å². The summed E-state index contributed by atoms with van der Waals surface area (Å²) in [6.45, 7) is 0.275. The number of halogens is 2. The predicted octanol–water partition coefficient (Wildman–Crippen LogP) is 8.65. The Morgan fingerprint density at radius 1 is 0.691 bits per heavy atom. The van der Waals surface area contributed by atoms with E-state index in [4.69, 9.17) is 27.9 Å². The highest BCUT2D eigenvalue weighted by atomic mass is 35.5. The quantitative estimate of drug-likeness (QED) is 0.131. The second-order valence-electron chi connectivity index (χ2n) is 14.6. The first-order valence-electron chi connectivity index (χ1n) is 18.2. The highest BCUT2D eigenvalue weighted by Gasteiger charge is 2.70. The summed E-state index contributed by atoms with van der Waals surface area (Å²) in [5, 5.41) is 12.8. The third-order valence-electron chi connectivity index (χ3n) is 11.8. The molecular weight excluding hydrogens is 735 g/mol. The molecule has 10 heteroatoms. The smallest absolute Gasteiger partial charge is 0.246 e. The number of amides is 4. The van der Waals surface area contributed by atoms with Gasteiger partial charge in [0.1, 0.15) is 18.1 Å². The lowest BCUT2D eigenvalue weighted by Gasteiger charge is -2.50. The van der Waals surface area contributed by atoms with E-state index in [1.165, 1.54) is 15.9 Å². The van der Waals surface area contributed by atoms with Crippen molar-refractivity contribution in [3.8, 4) is 11.5 Å². The third-order valence-corrected chi connectivity index (χ3v) is 12.3. The molecule has 0 bridgehead atoms. The van der Waals surface area contributed by atoms with E-state index < -0.39 is 46.8 Å². The molecule has 4 amide bonds. The molecule has 2 aliphatic heterocycles. The molecular formula is C45H34Cl2N2O6. The zero-order valence-corrected chi connectivity index (χ0v) is 30.9. The van der Waals surface area contributed by atoms with Crippen LogP contribution in [0.5, 0.6) is 11.5 Å². The first-order valence-corrected chi connectivity index (χ1v) is 19.0. The molecule has 1 N–H and O–H groups in total. The summed E-state index contributed by atoms with van der Waals surface area (Å²) >= 11 is 12.6. The van der Waals surface area contributed by atoms with E-state index in [0.29, 0.717) is 38.3 Å². The molecule has 274 valence electrons. The van der Waals surface area contributed by atoms with Crippen LogP contribution >= 0.6 is 23.2 Å². The van der Waals surface area contributed by atoms with Crippen molar-refractivity contribution in [2.24, 2.45) is 23.7 Å². The van der Waals surface area contributed by atoms with Crippen molar-refractivity contribution >= 4 is 58.2 Å². The minimum Gasteiger partial charge on any atom is -0.508 e. The molecule has 55 heavy (non-hydrogen) atoms. The Morgan fingerprint density at radius 3 is 2.13 bits per heavy atom. The minimum atomic E-state index is -1.53. The van der Waals surface area contributed by atoms with Gasteiger partial charge < -0.3 is 9.84 Å². The van der Waals surface area contributed by atoms with Gasteiger partial charge in [0.2, 0.25) is 23.6 Å². The van der Waals surface area contributed by atoms with Crippen molar-refractivity contribution in [3.05, 3.63) is 166 Å². The highest BCUT2D eigenvalue weighted by molar-refractivity contribution is 6.32. The van der Waals surface area contributed by atoms with E-state index in [9.17, 15) is 19.5 Å². The van der Waals surface area contributed by atoms with Gasteiger partial charge in [0.15, 0.2) is 0 Å². The van der Waals surface area contributed by atoms with Crippen molar-refractivity contribution < 1.29 is 29.0 Å². The van der Waals surface area contributed by atoms with Gasteiger partial charge in [-0.15, -0.1) is 0 Å². The molecule has 9 rings (SSSR count). The molecule has 6 atom stereocenters. The van der Waals surface area contributed by atoms with Crippen molar-refractivity contribution in [2.75, 3.05) is 9.80 Å². The average Bonchev–Trinajstić information content (AvgIpc) is 3.59. The van der Waals surface area contributed by atoms with E-state index in [1.54, 1.807) is 60.7 Å². The molecule has 2 saturated heterocycles. The predicted molar refractivity (Wildman–Crippen MR) is 209 cm³/mol. The number of phenols is 1. The fourth-order valence-corrected chi connectivity index (χ4v) is 9.84. The molecule has 3 fully saturated rings. The molecule has 2 aliphatic carbocycles. The van der Waals surface area contributed by atoms with Gasteiger partial charge in [-0.05, 0) is 78.4 Å². The third kappa shape index (κ3) is 5.49. The van der Waals surface area contributed by atoms with Gasteiger partial charge in [-0.2, -0.15) is 0 Å². The zero-order valence-electron chi connectivity index (χ0n) is 29.3. The second kappa shape index (κ2) is 13.6. The van der Waals surface area contributed by atoms with E-state index in [-0.39, 0.29) is 37.0 Å². The van der Waals surface area contributed by atoms with Crippen molar-refractivity contribution in [2.45, 2.75) is 30.8 Å². The molecule has 0 aromatic heterocycles. The lowest BCUT2D eigenvalue weighted by atomic mass is 9.49. The number of carbonyl (C=O) groups is 4. The Morgan fingerprint density at radius 2 is 1.42 bits per heavy atom. The summed E-state index contributed by atoms with van der Waals surface area (Å²) in [7, 11) is 0. The SMILES string of the molecule is O=C1C2CC=C3C(CC4C(=O)N(c5cccc(Cl)c5)C(=O)C4(c4ccccc4)C3c3ccc(OCc4ccccc4)cc3O)C2C(=O)N1c1ccc(Cl)cc1. The van der Waals surface area contributed by atoms with Crippen LogP contribution in [0, 0.1) is 23.7 Å². The second-order valence-corrected chi connectivity index (χ2v) is 15.4. The maximum atomic E-state index is 15.5.